The Labute approximate surface area is 281 Å². The van der Waals surface area contributed by atoms with Crippen LogP contribution in [0.2, 0.25) is 0 Å². The van der Waals surface area contributed by atoms with Crippen molar-refractivity contribution in [3.8, 4) is 34.6 Å². The Morgan fingerprint density at radius 1 is 0.531 bits per heavy atom. The van der Waals surface area contributed by atoms with Crippen molar-refractivity contribution in [3.63, 3.8) is 0 Å². The van der Waals surface area contributed by atoms with Gasteiger partial charge in [-0.25, -0.2) is 14.5 Å². The van der Waals surface area contributed by atoms with Crippen molar-refractivity contribution in [3.05, 3.63) is 160 Å². The van der Waals surface area contributed by atoms with Gasteiger partial charge in [-0.1, -0.05) is 36.4 Å². The molecule has 8 aromatic rings. The summed E-state index contributed by atoms with van der Waals surface area (Å²) in [4.78, 5) is 11.1. The summed E-state index contributed by atoms with van der Waals surface area (Å²) in [6, 6.07) is 38.8. The van der Waals surface area contributed by atoms with E-state index in [1.807, 2.05) is 91.0 Å². The highest BCUT2D eigenvalue weighted by Crippen LogP contribution is 2.43. The van der Waals surface area contributed by atoms with Crippen LogP contribution in [-0.2, 0) is 0 Å². The molecule has 2 heterocycles. The van der Waals surface area contributed by atoms with Crippen molar-refractivity contribution in [2.75, 3.05) is 0 Å². The van der Waals surface area contributed by atoms with Gasteiger partial charge in [-0.05, 0) is 107 Å². The third-order valence-corrected chi connectivity index (χ3v) is 9.17. The van der Waals surface area contributed by atoms with E-state index in [1.54, 1.807) is 6.07 Å². The van der Waals surface area contributed by atoms with Crippen LogP contribution < -0.4 is 0 Å². The van der Waals surface area contributed by atoms with Gasteiger partial charge in [0.15, 0.2) is 17.1 Å². The molecule has 0 atom stereocenters. The molecule has 0 saturated carbocycles. The molecular formula is C42H21N7. The van der Waals surface area contributed by atoms with E-state index in [0.717, 1.165) is 71.7 Å². The SMILES string of the molecule is [C-]#[N+]c1ccc2c(c1)c1cc(C#N)ccc1n2-c1ccc(-c2cccc(C#N)c2)c(-n2c3ccc([N+]#[C-])cc3c3cc([N+]#[C-])ccc32)c1C. The molecule has 2 aromatic heterocycles. The van der Waals surface area contributed by atoms with E-state index in [2.05, 4.69) is 54.9 Å². The molecule has 0 bridgehead atoms. The molecule has 0 aliphatic carbocycles. The van der Waals surface area contributed by atoms with E-state index >= 15 is 0 Å². The van der Waals surface area contributed by atoms with Crippen LogP contribution in [0.25, 0.3) is 80.6 Å². The summed E-state index contributed by atoms with van der Waals surface area (Å²) in [6.07, 6.45) is 0. The van der Waals surface area contributed by atoms with Crippen LogP contribution >= 0.6 is 0 Å². The number of nitrogens with zero attached hydrogens (tertiary/aromatic N) is 7. The monoisotopic (exact) mass is 623 g/mol. The quantitative estimate of drug-likeness (QED) is 0.184. The van der Waals surface area contributed by atoms with Crippen molar-refractivity contribution < 1.29 is 0 Å². The lowest BCUT2D eigenvalue weighted by atomic mass is 9.97. The molecule has 8 rings (SSSR count). The number of hydrogen-bond acceptors (Lipinski definition) is 2. The largest absolute Gasteiger partial charge is 0.309 e. The first-order valence-electron chi connectivity index (χ1n) is 15.3. The molecule has 0 amide bonds. The first-order chi connectivity index (χ1) is 24.0. The maximum atomic E-state index is 9.80. The first-order valence-corrected chi connectivity index (χ1v) is 15.3. The van der Waals surface area contributed by atoms with Gasteiger partial charge in [0.25, 0.3) is 0 Å². The van der Waals surface area contributed by atoms with E-state index in [1.165, 1.54) is 0 Å². The first kappa shape index (κ1) is 28.8. The molecular weight excluding hydrogens is 603 g/mol. The topological polar surface area (TPSA) is 70.5 Å². The third-order valence-electron chi connectivity index (χ3n) is 9.17. The summed E-state index contributed by atoms with van der Waals surface area (Å²) in [5.74, 6) is 0. The van der Waals surface area contributed by atoms with Crippen LogP contribution in [0, 0.1) is 49.3 Å². The fourth-order valence-electron chi connectivity index (χ4n) is 7.00. The number of nitriles is 2. The summed E-state index contributed by atoms with van der Waals surface area (Å²) in [7, 11) is 0. The summed E-state index contributed by atoms with van der Waals surface area (Å²) in [5.41, 5.74) is 10.7. The average Bonchev–Trinajstić information content (AvgIpc) is 3.65. The number of aromatic nitrogens is 2. The predicted molar refractivity (Wildman–Crippen MR) is 194 cm³/mol. The normalized spacial score (nSPS) is 10.9. The Morgan fingerprint density at radius 2 is 1.02 bits per heavy atom. The molecule has 0 radical (unpaired) electrons. The molecule has 0 aliphatic rings. The van der Waals surface area contributed by atoms with Crippen molar-refractivity contribution in [1.29, 1.82) is 10.5 Å². The second-order valence-corrected chi connectivity index (χ2v) is 11.8. The van der Waals surface area contributed by atoms with Crippen LogP contribution in [0.4, 0.5) is 17.1 Å². The molecule has 224 valence electrons. The number of rotatable bonds is 3. The van der Waals surface area contributed by atoms with Crippen molar-refractivity contribution in [2.45, 2.75) is 6.92 Å². The van der Waals surface area contributed by atoms with Crippen molar-refractivity contribution in [1.82, 2.24) is 9.13 Å². The highest BCUT2D eigenvalue weighted by atomic mass is 15.0. The fourth-order valence-corrected chi connectivity index (χ4v) is 7.00. The Balaban J connectivity index is 1.55. The molecule has 0 N–H and O–H groups in total. The number of benzene rings is 6. The highest BCUT2D eigenvalue weighted by Gasteiger charge is 2.23. The summed E-state index contributed by atoms with van der Waals surface area (Å²) >= 11 is 0. The van der Waals surface area contributed by atoms with E-state index in [9.17, 15) is 10.5 Å². The van der Waals surface area contributed by atoms with Crippen LogP contribution in [-0.4, -0.2) is 9.13 Å². The molecule has 7 nitrogen and oxygen atoms in total. The van der Waals surface area contributed by atoms with Gasteiger partial charge in [-0.2, -0.15) is 10.5 Å². The Morgan fingerprint density at radius 3 is 1.55 bits per heavy atom. The number of fused-ring (bicyclic) bond motifs is 6. The van der Waals surface area contributed by atoms with Gasteiger partial charge < -0.3 is 9.13 Å². The zero-order valence-corrected chi connectivity index (χ0v) is 26.0. The minimum Gasteiger partial charge on any atom is -0.309 e. The van der Waals surface area contributed by atoms with E-state index in [0.29, 0.717) is 28.2 Å². The van der Waals surface area contributed by atoms with Gasteiger partial charge in [-0.15, -0.1) is 0 Å². The van der Waals surface area contributed by atoms with Crippen LogP contribution in [0.5, 0.6) is 0 Å². The van der Waals surface area contributed by atoms with Crippen LogP contribution in [0.3, 0.4) is 0 Å². The van der Waals surface area contributed by atoms with Gasteiger partial charge >= 0.3 is 0 Å². The van der Waals surface area contributed by atoms with Gasteiger partial charge in [0, 0.05) is 10.9 Å². The van der Waals surface area contributed by atoms with Gasteiger partial charge in [0.1, 0.15) is 0 Å². The third kappa shape index (κ3) is 4.31. The standard InChI is InChI=1S/C42H21N7/c1-25-37(48-38-13-8-27(24-44)19-33(38)34-20-29(45-2)9-14-39(34)48)17-12-32(28-7-5-6-26(18-28)23-43)42(25)49-40-15-10-30(46-3)21-35(40)36-22-31(47-4)11-16-41(36)49/h5-22H,1H3. The van der Waals surface area contributed by atoms with Crippen LogP contribution in [0.15, 0.2) is 109 Å². The zero-order chi connectivity index (χ0) is 33.8. The molecule has 6 aromatic carbocycles. The van der Waals surface area contributed by atoms with Gasteiger partial charge in [0.2, 0.25) is 0 Å². The predicted octanol–water partition coefficient (Wildman–Crippen LogP) is 11.3. The lowest BCUT2D eigenvalue weighted by Crippen LogP contribution is -2.05. The highest BCUT2D eigenvalue weighted by molar-refractivity contribution is 6.13. The average molecular weight is 624 g/mol. The molecule has 0 unspecified atom stereocenters. The van der Waals surface area contributed by atoms with Gasteiger partial charge in [-0.3, -0.25) is 0 Å². The molecule has 0 saturated heterocycles. The van der Waals surface area contributed by atoms with Gasteiger partial charge in [0.05, 0.1) is 76.4 Å². The molecule has 0 aliphatic heterocycles. The Bertz CT molecular complexity index is 2810. The Kier molecular flexibility index (Phi) is 6.48. The lowest BCUT2D eigenvalue weighted by molar-refractivity contribution is 1.10. The minimum absolute atomic E-state index is 0.507. The smallest absolute Gasteiger partial charge is 0.188 e. The van der Waals surface area contributed by atoms with E-state index in [-0.39, 0.29) is 0 Å². The molecule has 0 fully saturated rings. The number of hydrogen-bond donors (Lipinski definition) is 0. The Hall–Kier alpha value is -7.63. The second kappa shape index (κ2) is 11.0. The van der Waals surface area contributed by atoms with Crippen LogP contribution in [0.1, 0.15) is 16.7 Å². The summed E-state index contributed by atoms with van der Waals surface area (Å²) in [6.45, 7) is 25.1. The van der Waals surface area contributed by atoms with Crippen molar-refractivity contribution in [2.24, 2.45) is 0 Å². The maximum Gasteiger partial charge on any atom is 0.188 e. The van der Waals surface area contributed by atoms with E-state index in [4.69, 9.17) is 19.7 Å². The second-order valence-electron chi connectivity index (χ2n) is 11.8. The fraction of sp³-hybridized carbons (Fsp3) is 0.0238. The lowest BCUT2D eigenvalue weighted by Gasteiger charge is -2.21. The summed E-state index contributed by atoms with van der Waals surface area (Å²) < 4.78 is 4.37. The molecule has 0 spiro atoms. The minimum atomic E-state index is 0.507. The van der Waals surface area contributed by atoms with E-state index < -0.39 is 0 Å². The van der Waals surface area contributed by atoms with Crippen molar-refractivity contribution >= 4 is 60.7 Å². The molecule has 7 heteroatoms. The molecule has 49 heavy (non-hydrogen) atoms. The zero-order valence-electron chi connectivity index (χ0n) is 26.0. The summed E-state index contributed by atoms with van der Waals surface area (Å²) in [5, 5.41) is 23.0. The maximum absolute atomic E-state index is 9.80.